The summed E-state index contributed by atoms with van der Waals surface area (Å²) in [5, 5.41) is 1.02. The van der Waals surface area contributed by atoms with Crippen LogP contribution in [0.15, 0.2) is 42.5 Å². The first-order chi connectivity index (χ1) is 14.6. The van der Waals surface area contributed by atoms with Crippen LogP contribution in [0.2, 0.25) is 0 Å². The van der Waals surface area contributed by atoms with Gasteiger partial charge in [0.25, 0.3) is 5.91 Å². The van der Waals surface area contributed by atoms with Gasteiger partial charge in [0, 0.05) is 31.5 Å². The predicted molar refractivity (Wildman–Crippen MR) is 119 cm³/mol. The van der Waals surface area contributed by atoms with E-state index in [1.54, 1.807) is 35.2 Å². The number of carbonyl (C=O) groups is 1. The Labute approximate surface area is 182 Å². The van der Waals surface area contributed by atoms with Crippen molar-refractivity contribution >= 4 is 17.3 Å². The molecule has 0 atom stereocenters. The van der Waals surface area contributed by atoms with Gasteiger partial charge in [-0.25, -0.2) is 15.1 Å². The van der Waals surface area contributed by atoms with Crippen LogP contribution < -0.4 is 21.5 Å². The summed E-state index contributed by atoms with van der Waals surface area (Å²) in [4.78, 5) is 19.6. The number of carbonyl (C=O) groups excluding carboxylic acids is 1. The van der Waals surface area contributed by atoms with Crippen molar-refractivity contribution in [2.24, 2.45) is 5.84 Å². The smallest absolute Gasteiger partial charge is 0.251 e. The van der Waals surface area contributed by atoms with Crippen LogP contribution in [-0.4, -0.2) is 36.6 Å². The fraction of sp³-hybridized carbons (Fsp3) is 0.435. The van der Waals surface area contributed by atoms with Crippen LogP contribution >= 0.6 is 0 Å². The molecule has 31 heavy (non-hydrogen) atoms. The Hall–Kier alpha value is -2.84. The molecule has 4 N–H and O–H groups in total. The lowest BCUT2D eigenvalue weighted by atomic mass is 9.86. The number of piperidine rings is 1. The molecule has 1 amide bonds. The second kappa shape index (κ2) is 9.53. The molecule has 1 aliphatic rings. The molecule has 1 saturated heterocycles. The van der Waals surface area contributed by atoms with Crippen molar-refractivity contribution in [3.63, 3.8) is 0 Å². The van der Waals surface area contributed by atoms with E-state index in [0.29, 0.717) is 43.1 Å². The third kappa shape index (κ3) is 5.86. The van der Waals surface area contributed by atoms with Crippen molar-refractivity contribution in [3.05, 3.63) is 53.8 Å². The number of hydrogen-bond donors (Lipinski definition) is 2. The average molecular weight is 431 g/mol. The fourth-order valence-corrected chi connectivity index (χ4v) is 3.57. The zero-order chi connectivity index (χ0) is 22.6. The lowest BCUT2D eigenvalue weighted by Crippen LogP contribution is -2.45. The number of nitrogen functional groups attached to an aromatic ring is 1. The van der Waals surface area contributed by atoms with E-state index >= 15 is 0 Å². The van der Waals surface area contributed by atoms with E-state index in [9.17, 15) is 9.18 Å². The predicted octanol–water partition coefficient (Wildman–Crippen LogP) is 3.39. The van der Waals surface area contributed by atoms with E-state index in [-0.39, 0.29) is 29.9 Å². The lowest BCUT2D eigenvalue weighted by molar-refractivity contribution is -0.138. The summed E-state index contributed by atoms with van der Waals surface area (Å²) in [7, 11) is 0. The van der Waals surface area contributed by atoms with Gasteiger partial charge in [0.2, 0.25) is 0 Å². The molecule has 8 heteroatoms. The van der Waals surface area contributed by atoms with E-state index in [1.807, 2.05) is 20.8 Å². The number of ether oxygens (including phenoxy) is 1. The van der Waals surface area contributed by atoms with Gasteiger partial charge in [-0.3, -0.25) is 4.79 Å². The number of para-hydroxylation sites is 2. The van der Waals surface area contributed by atoms with Gasteiger partial charge in [0.05, 0.1) is 5.69 Å². The minimum Gasteiger partial charge on any atom is -0.490 e. The van der Waals surface area contributed by atoms with Gasteiger partial charge in [0.1, 0.15) is 23.4 Å². The van der Waals surface area contributed by atoms with Crippen LogP contribution in [0, 0.1) is 5.82 Å². The molecule has 0 radical (unpaired) electrons. The molecular formula is C23H31FN4O3. The molecular weight excluding hydrogens is 399 g/mol. The van der Waals surface area contributed by atoms with Gasteiger partial charge in [0.15, 0.2) is 6.61 Å². The van der Waals surface area contributed by atoms with Crippen LogP contribution in [0.3, 0.4) is 0 Å². The maximum absolute atomic E-state index is 13.7. The number of hydrogen-bond acceptors (Lipinski definition) is 6. The van der Waals surface area contributed by atoms with E-state index in [1.165, 1.54) is 12.1 Å². The van der Waals surface area contributed by atoms with Gasteiger partial charge in [-0.15, -0.1) is 0 Å². The highest BCUT2D eigenvalue weighted by atomic mass is 19.1. The van der Waals surface area contributed by atoms with Crippen molar-refractivity contribution in [2.45, 2.75) is 45.1 Å². The van der Waals surface area contributed by atoms with E-state index in [4.69, 9.17) is 21.2 Å². The zero-order valence-corrected chi connectivity index (χ0v) is 18.3. The van der Waals surface area contributed by atoms with Crippen molar-refractivity contribution in [2.75, 3.05) is 30.6 Å². The van der Waals surface area contributed by atoms with Crippen molar-refractivity contribution in [1.82, 2.24) is 4.90 Å². The molecule has 0 bridgehead atoms. The maximum atomic E-state index is 13.7. The summed E-state index contributed by atoms with van der Waals surface area (Å²) >= 11 is 0. The van der Waals surface area contributed by atoms with Gasteiger partial charge in [-0.2, -0.15) is 5.17 Å². The third-order valence-corrected chi connectivity index (χ3v) is 5.34. The monoisotopic (exact) mass is 430 g/mol. The fourth-order valence-electron chi connectivity index (χ4n) is 3.57. The number of nitrogens with two attached hydrogens (primary N) is 2. The number of likely N-dealkylation sites (tertiary alicyclic amines) is 1. The summed E-state index contributed by atoms with van der Waals surface area (Å²) in [5.41, 5.74) is 7.42. The highest BCUT2D eigenvalue weighted by Gasteiger charge is 2.27. The van der Waals surface area contributed by atoms with Crippen LogP contribution in [0.25, 0.3) is 0 Å². The number of halogens is 1. The molecule has 3 rings (SSSR count). The van der Waals surface area contributed by atoms with Crippen molar-refractivity contribution in [1.29, 1.82) is 0 Å². The van der Waals surface area contributed by atoms with Gasteiger partial charge >= 0.3 is 0 Å². The Balaban J connectivity index is 1.51. The maximum Gasteiger partial charge on any atom is 0.251 e. The summed E-state index contributed by atoms with van der Waals surface area (Å²) in [6, 6.07) is 11.6. The Bertz CT molecular complexity index is 908. The Morgan fingerprint density at radius 3 is 2.52 bits per heavy atom. The molecule has 2 aromatic carbocycles. The number of anilines is 2. The quantitative estimate of drug-likeness (QED) is 0.415. The minimum absolute atomic E-state index is 0.0355. The topological polar surface area (TPSA) is 94.0 Å². The van der Waals surface area contributed by atoms with Crippen LogP contribution in [-0.2, 0) is 15.0 Å². The number of hydrazine groups is 1. The largest absolute Gasteiger partial charge is 0.490 e. The lowest BCUT2D eigenvalue weighted by Gasteiger charge is -2.33. The molecule has 0 spiro atoms. The first kappa shape index (κ1) is 22.8. The highest BCUT2D eigenvalue weighted by Crippen LogP contribution is 2.33. The molecule has 0 aromatic heterocycles. The third-order valence-electron chi connectivity index (χ3n) is 5.34. The first-order valence-corrected chi connectivity index (χ1v) is 10.4. The molecule has 1 fully saturated rings. The SMILES string of the molecule is CC(C)(C)c1cc(F)ccc1OC1CCN(C(=O)CON(N)c2ccccc2N)CC1. The Morgan fingerprint density at radius 1 is 1.19 bits per heavy atom. The van der Waals surface area contributed by atoms with E-state index in [0.717, 1.165) is 10.7 Å². The average Bonchev–Trinajstić information content (AvgIpc) is 2.73. The number of amides is 1. The van der Waals surface area contributed by atoms with Crippen LogP contribution in [0.4, 0.5) is 15.8 Å². The standard InChI is InChI=1S/C23H31FN4O3/c1-23(2,3)18-14-16(24)8-9-21(18)31-17-10-12-27(13-11-17)22(29)15-30-28(26)20-7-5-4-6-19(20)25/h4-9,14,17H,10-13,15,25-26H2,1-3H3. The molecule has 168 valence electrons. The van der Waals surface area contributed by atoms with Gasteiger partial charge in [-0.05, 0) is 35.7 Å². The summed E-state index contributed by atoms with van der Waals surface area (Å²) < 4.78 is 19.9. The second-order valence-corrected chi connectivity index (χ2v) is 8.75. The number of benzene rings is 2. The van der Waals surface area contributed by atoms with Crippen LogP contribution in [0.5, 0.6) is 5.75 Å². The second-order valence-electron chi connectivity index (χ2n) is 8.75. The summed E-state index contributed by atoms with van der Waals surface area (Å²) in [6.45, 7) is 7.01. The van der Waals surface area contributed by atoms with Gasteiger partial charge < -0.3 is 15.4 Å². The van der Waals surface area contributed by atoms with Gasteiger partial charge in [-0.1, -0.05) is 32.9 Å². The summed E-state index contributed by atoms with van der Waals surface area (Å²) in [6.07, 6.45) is 1.33. The molecule has 1 heterocycles. The molecule has 7 nitrogen and oxygen atoms in total. The van der Waals surface area contributed by atoms with Crippen LogP contribution in [0.1, 0.15) is 39.2 Å². The highest BCUT2D eigenvalue weighted by molar-refractivity contribution is 5.77. The Kier molecular flexibility index (Phi) is 7.02. The normalized spacial score (nSPS) is 15.1. The molecule has 0 saturated carbocycles. The molecule has 0 unspecified atom stereocenters. The zero-order valence-electron chi connectivity index (χ0n) is 18.3. The van der Waals surface area contributed by atoms with Crippen molar-refractivity contribution in [3.8, 4) is 5.75 Å². The van der Waals surface area contributed by atoms with Crippen molar-refractivity contribution < 1.29 is 18.8 Å². The molecule has 2 aromatic rings. The Morgan fingerprint density at radius 2 is 1.87 bits per heavy atom. The number of rotatable bonds is 6. The first-order valence-electron chi connectivity index (χ1n) is 10.4. The van der Waals surface area contributed by atoms with E-state index in [2.05, 4.69) is 0 Å². The molecule has 0 aliphatic carbocycles. The minimum atomic E-state index is -0.274. The molecule has 1 aliphatic heterocycles. The summed E-state index contributed by atoms with van der Waals surface area (Å²) in [5.74, 6) is 6.12. The number of nitrogens with zero attached hydrogens (tertiary/aromatic N) is 2. The van der Waals surface area contributed by atoms with E-state index < -0.39 is 0 Å².